The summed E-state index contributed by atoms with van der Waals surface area (Å²) in [5, 5.41) is 2.31. The molecule has 2 aliphatic heterocycles. The van der Waals surface area contributed by atoms with Crippen molar-refractivity contribution in [1.82, 2.24) is 10.2 Å². The van der Waals surface area contributed by atoms with E-state index in [1.54, 1.807) is 4.90 Å². The first-order chi connectivity index (χ1) is 9.97. The lowest BCUT2D eigenvalue weighted by Crippen LogP contribution is -2.52. The van der Waals surface area contributed by atoms with Crippen molar-refractivity contribution in [2.75, 3.05) is 0 Å². The van der Waals surface area contributed by atoms with E-state index < -0.39 is 6.04 Å². The second kappa shape index (κ2) is 4.98. The zero-order valence-corrected chi connectivity index (χ0v) is 12.2. The molecule has 5 nitrogen and oxygen atoms in total. The highest BCUT2D eigenvalue weighted by molar-refractivity contribution is 6.05. The molecule has 0 aliphatic carbocycles. The molecule has 1 saturated heterocycles. The van der Waals surface area contributed by atoms with Gasteiger partial charge in [0.25, 0.3) is 5.91 Å². The highest BCUT2D eigenvalue weighted by Crippen LogP contribution is 2.29. The molecular formula is C16H18N2O3. The minimum absolute atomic E-state index is 0.109. The average molecular weight is 286 g/mol. The van der Waals surface area contributed by atoms with Crippen LogP contribution in [0, 0.1) is 0 Å². The van der Waals surface area contributed by atoms with Crippen molar-refractivity contribution in [2.45, 2.75) is 45.2 Å². The molecule has 5 heteroatoms. The van der Waals surface area contributed by atoms with Crippen LogP contribution in [0.1, 0.15) is 54.1 Å². The Labute approximate surface area is 123 Å². The van der Waals surface area contributed by atoms with Crippen molar-refractivity contribution in [3.8, 4) is 0 Å². The van der Waals surface area contributed by atoms with Gasteiger partial charge in [0.05, 0.1) is 0 Å². The van der Waals surface area contributed by atoms with E-state index in [-0.39, 0.29) is 24.1 Å². The van der Waals surface area contributed by atoms with Crippen LogP contribution in [0.4, 0.5) is 0 Å². The summed E-state index contributed by atoms with van der Waals surface area (Å²) in [7, 11) is 0. The molecule has 2 aliphatic rings. The number of amides is 3. The number of fused-ring (bicyclic) bond motifs is 1. The van der Waals surface area contributed by atoms with E-state index in [4.69, 9.17) is 0 Å². The smallest absolute Gasteiger partial charge is 0.255 e. The van der Waals surface area contributed by atoms with Crippen LogP contribution in [0.5, 0.6) is 0 Å². The fourth-order valence-electron chi connectivity index (χ4n) is 2.93. The molecule has 21 heavy (non-hydrogen) atoms. The Balaban J connectivity index is 1.87. The first kappa shape index (κ1) is 13.8. The van der Waals surface area contributed by atoms with Crippen molar-refractivity contribution in [1.29, 1.82) is 0 Å². The fourth-order valence-corrected chi connectivity index (χ4v) is 2.93. The summed E-state index contributed by atoms with van der Waals surface area (Å²) in [5.41, 5.74) is 2.76. The van der Waals surface area contributed by atoms with E-state index in [0.717, 1.165) is 11.1 Å². The molecule has 2 heterocycles. The molecule has 0 saturated carbocycles. The summed E-state index contributed by atoms with van der Waals surface area (Å²) in [5.74, 6) is -0.381. The number of carbonyl (C=O) groups is 3. The number of hydrogen-bond acceptors (Lipinski definition) is 3. The third kappa shape index (κ3) is 2.33. The quantitative estimate of drug-likeness (QED) is 0.839. The maximum Gasteiger partial charge on any atom is 0.255 e. The summed E-state index contributed by atoms with van der Waals surface area (Å²) in [6.07, 6.45) is 0.690. The van der Waals surface area contributed by atoms with Gasteiger partial charge in [0.15, 0.2) is 0 Å². The van der Waals surface area contributed by atoms with Gasteiger partial charge in [-0.3, -0.25) is 19.7 Å². The van der Waals surface area contributed by atoms with Gasteiger partial charge in [0.2, 0.25) is 11.8 Å². The van der Waals surface area contributed by atoms with E-state index in [1.807, 2.05) is 18.2 Å². The molecule has 0 unspecified atom stereocenters. The number of nitrogens with one attached hydrogen (secondary N) is 1. The standard InChI is InChI=1S/C16H18N2O3/c1-9(2)10-3-4-11-8-18(16(21)12(11)7-10)13-5-6-14(19)17-15(13)20/h3-4,7,9,13H,5-6,8H2,1-2H3,(H,17,19,20)/t13-/m1/s1. The zero-order chi connectivity index (χ0) is 15.1. The Hall–Kier alpha value is -2.17. The number of hydrogen-bond donors (Lipinski definition) is 1. The van der Waals surface area contributed by atoms with Gasteiger partial charge >= 0.3 is 0 Å². The van der Waals surface area contributed by atoms with Crippen molar-refractivity contribution in [3.63, 3.8) is 0 Å². The number of imide groups is 1. The lowest BCUT2D eigenvalue weighted by molar-refractivity contribution is -0.136. The minimum Gasteiger partial charge on any atom is -0.322 e. The van der Waals surface area contributed by atoms with E-state index in [2.05, 4.69) is 19.2 Å². The lowest BCUT2D eigenvalue weighted by atomic mass is 9.98. The van der Waals surface area contributed by atoms with Crippen LogP contribution >= 0.6 is 0 Å². The van der Waals surface area contributed by atoms with Crippen molar-refractivity contribution in [3.05, 3.63) is 34.9 Å². The van der Waals surface area contributed by atoms with Crippen molar-refractivity contribution >= 4 is 17.7 Å². The number of nitrogens with zero attached hydrogens (tertiary/aromatic N) is 1. The average Bonchev–Trinajstić information content (AvgIpc) is 2.75. The summed E-state index contributed by atoms with van der Waals surface area (Å²) in [4.78, 5) is 37.3. The molecular weight excluding hydrogens is 268 g/mol. The summed E-state index contributed by atoms with van der Waals surface area (Å²) >= 11 is 0. The van der Waals surface area contributed by atoms with Crippen LogP contribution in [0.15, 0.2) is 18.2 Å². The molecule has 3 rings (SSSR count). The molecule has 3 amide bonds. The van der Waals surface area contributed by atoms with Gasteiger partial charge in [-0.15, -0.1) is 0 Å². The largest absolute Gasteiger partial charge is 0.322 e. The maximum atomic E-state index is 12.6. The van der Waals surface area contributed by atoms with Crippen LogP contribution in [0.3, 0.4) is 0 Å². The normalized spacial score (nSPS) is 21.8. The highest BCUT2D eigenvalue weighted by Gasteiger charge is 2.39. The minimum atomic E-state index is -0.537. The molecule has 1 atom stereocenters. The van der Waals surface area contributed by atoms with E-state index in [1.165, 1.54) is 0 Å². The van der Waals surface area contributed by atoms with Crippen LogP contribution in [-0.2, 0) is 16.1 Å². The molecule has 0 radical (unpaired) electrons. The second-order valence-electron chi connectivity index (χ2n) is 5.97. The fraction of sp³-hybridized carbons (Fsp3) is 0.438. The van der Waals surface area contributed by atoms with Gasteiger partial charge in [-0.05, 0) is 29.5 Å². The van der Waals surface area contributed by atoms with Gasteiger partial charge in [0, 0.05) is 18.5 Å². The first-order valence-corrected chi connectivity index (χ1v) is 7.25. The Bertz CT molecular complexity index is 636. The maximum absolute atomic E-state index is 12.6. The molecule has 0 aromatic heterocycles. The predicted molar refractivity (Wildman–Crippen MR) is 76.6 cm³/mol. The number of carbonyl (C=O) groups excluding carboxylic acids is 3. The summed E-state index contributed by atoms with van der Waals surface area (Å²) in [6, 6.07) is 5.39. The van der Waals surface area contributed by atoms with Crippen LogP contribution in [0.25, 0.3) is 0 Å². The Kier molecular flexibility index (Phi) is 3.27. The van der Waals surface area contributed by atoms with Crippen LogP contribution in [-0.4, -0.2) is 28.7 Å². The monoisotopic (exact) mass is 286 g/mol. The molecule has 110 valence electrons. The predicted octanol–water partition coefficient (Wildman–Crippen LogP) is 1.57. The van der Waals surface area contributed by atoms with E-state index in [9.17, 15) is 14.4 Å². The molecule has 0 spiro atoms. The van der Waals surface area contributed by atoms with Gasteiger partial charge in [-0.2, -0.15) is 0 Å². The third-order valence-electron chi connectivity index (χ3n) is 4.22. The molecule has 1 aromatic rings. The lowest BCUT2D eigenvalue weighted by Gasteiger charge is -2.29. The van der Waals surface area contributed by atoms with Crippen molar-refractivity contribution < 1.29 is 14.4 Å². The van der Waals surface area contributed by atoms with Gasteiger partial charge in [-0.25, -0.2) is 0 Å². The third-order valence-corrected chi connectivity index (χ3v) is 4.22. The molecule has 1 fully saturated rings. The highest BCUT2D eigenvalue weighted by atomic mass is 16.2. The number of rotatable bonds is 2. The van der Waals surface area contributed by atoms with E-state index in [0.29, 0.717) is 24.4 Å². The second-order valence-corrected chi connectivity index (χ2v) is 5.97. The zero-order valence-electron chi connectivity index (χ0n) is 12.2. The van der Waals surface area contributed by atoms with Crippen LogP contribution < -0.4 is 5.32 Å². The van der Waals surface area contributed by atoms with E-state index >= 15 is 0 Å². The number of benzene rings is 1. The summed E-state index contributed by atoms with van der Waals surface area (Å²) in [6.45, 7) is 4.61. The topological polar surface area (TPSA) is 66.5 Å². The molecule has 0 bridgehead atoms. The Morgan fingerprint density at radius 1 is 1.24 bits per heavy atom. The SMILES string of the molecule is CC(C)c1ccc2c(c1)C(=O)N([C@@H]1CCC(=O)NC1=O)C2. The first-order valence-electron chi connectivity index (χ1n) is 7.25. The van der Waals surface area contributed by atoms with Crippen molar-refractivity contribution in [2.24, 2.45) is 0 Å². The number of piperidine rings is 1. The Morgan fingerprint density at radius 3 is 2.67 bits per heavy atom. The van der Waals surface area contributed by atoms with Gasteiger partial charge in [0.1, 0.15) is 6.04 Å². The van der Waals surface area contributed by atoms with Gasteiger partial charge < -0.3 is 4.90 Å². The molecule has 1 N–H and O–H groups in total. The van der Waals surface area contributed by atoms with Gasteiger partial charge in [-0.1, -0.05) is 26.0 Å². The summed E-state index contributed by atoms with van der Waals surface area (Å²) < 4.78 is 0. The molecule has 1 aromatic carbocycles. The Morgan fingerprint density at radius 2 is 2.00 bits per heavy atom. The van der Waals surface area contributed by atoms with Crippen LogP contribution in [0.2, 0.25) is 0 Å².